The molecule has 17 heavy (non-hydrogen) atoms. The third kappa shape index (κ3) is 4.23. The van der Waals surface area contributed by atoms with Crippen LogP contribution in [0.5, 0.6) is 0 Å². The van der Waals surface area contributed by atoms with Gasteiger partial charge in [-0.15, -0.1) is 0 Å². The molecule has 0 amide bonds. The average Bonchev–Trinajstić information content (AvgIpc) is 2.82. The Morgan fingerprint density at radius 1 is 1.35 bits per heavy atom. The summed E-state index contributed by atoms with van der Waals surface area (Å²) in [6.45, 7) is 6.98. The van der Waals surface area contributed by atoms with E-state index >= 15 is 0 Å². The fourth-order valence-electron chi connectivity index (χ4n) is 3.13. The molecule has 100 valence electrons. The van der Waals surface area contributed by atoms with Crippen LogP contribution in [0, 0.1) is 5.92 Å². The predicted molar refractivity (Wildman–Crippen MR) is 71.3 cm³/mol. The molecule has 2 aliphatic rings. The zero-order valence-corrected chi connectivity index (χ0v) is 11.5. The molecule has 3 nitrogen and oxygen atoms in total. The second-order valence-electron chi connectivity index (χ2n) is 5.83. The van der Waals surface area contributed by atoms with E-state index < -0.39 is 0 Å². The van der Waals surface area contributed by atoms with Crippen molar-refractivity contribution in [2.75, 3.05) is 33.3 Å². The van der Waals surface area contributed by atoms with Crippen LogP contribution in [0.15, 0.2) is 0 Å². The van der Waals surface area contributed by atoms with E-state index in [1.165, 1.54) is 45.2 Å². The van der Waals surface area contributed by atoms with Crippen LogP contribution >= 0.6 is 0 Å². The van der Waals surface area contributed by atoms with Gasteiger partial charge in [0, 0.05) is 19.2 Å². The van der Waals surface area contributed by atoms with E-state index in [-0.39, 0.29) is 0 Å². The lowest BCUT2D eigenvalue weighted by Crippen LogP contribution is -2.43. The summed E-state index contributed by atoms with van der Waals surface area (Å²) in [7, 11) is 2.24. The minimum Gasteiger partial charge on any atom is -0.378 e. The molecule has 2 rings (SSSR count). The summed E-state index contributed by atoms with van der Waals surface area (Å²) in [5, 5.41) is 3.69. The molecule has 3 heteroatoms. The van der Waals surface area contributed by atoms with Crippen LogP contribution in [-0.2, 0) is 4.74 Å². The number of likely N-dealkylation sites (tertiary alicyclic amines) is 1. The molecule has 3 atom stereocenters. The van der Waals surface area contributed by atoms with Crippen LogP contribution < -0.4 is 5.32 Å². The molecule has 0 radical (unpaired) electrons. The Hall–Kier alpha value is -0.120. The van der Waals surface area contributed by atoms with Gasteiger partial charge in [0.25, 0.3) is 0 Å². The predicted octanol–water partition coefficient (Wildman–Crippen LogP) is 1.88. The number of nitrogens with zero attached hydrogens (tertiary/aromatic N) is 1. The largest absolute Gasteiger partial charge is 0.378 e. The molecule has 0 saturated carbocycles. The summed E-state index contributed by atoms with van der Waals surface area (Å²) >= 11 is 0. The molecule has 2 heterocycles. The first kappa shape index (κ1) is 13.3. The molecule has 0 aromatic rings. The highest BCUT2D eigenvalue weighted by Crippen LogP contribution is 2.19. The Morgan fingerprint density at radius 3 is 2.94 bits per heavy atom. The van der Waals surface area contributed by atoms with Gasteiger partial charge in [0.05, 0.1) is 6.10 Å². The first-order chi connectivity index (χ1) is 8.25. The fraction of sp³-hybridized carbons (Fsp3) is 1.00. The van der Waals surface area contributed by atoms with Crippen LogP contribution in [0.3, 0.4) is 0 Å². The molecule has 3 unspecified atom stereocenters. The van der Waals surface area contributed by atoms with Gasteiger partial charge in [-0.2, -0.15) is 0 Å². The van der Waals surface area contributed by atoms with E-state index in [0.29, 0.717) is 12.1 Å². The van der Waals surface area contributed by atoms with Gasteiger partial charge in [-0.05, 0) is 65.1 Å². The van der Waals surface area contributed by atoms with Crippen molar-refractivity contribution in [3.63, 3.8) is 0 Å². The molecule has 0 aromatic carbocycles. The third-order valence-corrected chi connectivity index (χ3v) is 4.32. The first-order valence-corrected chi connectivity index (χ1v) is 7.29. The van der Waals surface area contributed by atoms with E-state index in [1.54, 1.807) is 0 Å². The lowest BCUT2D eigenvalue weighted by Gasteiger charge is -2.34. The highest BCUT2D eigenvalue weighted by atomic mass is 16.5. The van der Waals surface area contributed by atoms with Gasteiger partial charge in [0.1, 0.15) is 0 Å². The first-order valence-electron chi connectivity index (χ1n) is 7.29. The lowest BCUT2D eigenvalue weighted by atomic mass is 9.92. The molecular formula is C14H28N2O. The Morgan fingerprint density at radius 2 is 2.24 bits per heavy atom. The van der Waals surface area contributed by atoms with E-state index in [9.17, 15) is 0 Å². The summed E-state index contributed by atoms with van der Waals surface area (Å²) in [5.74, 6) is 0.832. The van der Waals surface area contributed by atoms with Crippen molar-refractivity contribution in [3.8, 4) is 0 Å². The van der Waals surface area contributed by atoms with Crippen molar-refractivity contribution >= 4 is 0 Å². The summed E-state index contributed by atoms with van der Waals surface area (Å²) in [5.41, 5.74) is 0. The molecule has 2 saturated heterocycles. The van der Waals surface area contributed by atoms with Crippen LogP contribution in [0.25, 0.3) is 0 Å². The highest BCUT2D eigenvalue weighted by molar-refractivity contribution is 4.79. The molecule has 0 aliphatic carbocycles. The van der Waals surface area contributed by atoms with Gasteiger partial charge in [-0.1, -0.05) is 0 Å². The van der Waals surface area contributed by atoms with Gasteiger partial charge in [-0.3, -0.25) is 0 Å². The SMILES string of the molecule is CC(NCCC1CCCO1)C1CCCN(C)C1. The van der Waals surface area contributed by atoms with Crippen molar-refractivity contribution in [2.45, 2.75) is 51.2 Å². The number of hydrogen-bond acceptors (Lipinski definition) is 3. The fourth-order valence-corrected chi connectivity index (χ4v) is 3.13. The maximum atomic E-state index is 5.65. The van der Waals surface area contributed by atoms with Crippen LogP contribution in [0.1, 0.15) is 39.0 Å². The van der Waals surface area contributed by atoms with Gasteiger partial charge in [-0.25, -0.2) is 0 Å². The van der Waals surface area contributed by atoms with Crippen molar-refractivity contribution in [1.29, 1.82) is 0 Å². The molecule has 2 fully saturated rings. The normalized spacial score (nSPS) is 32.8. The van der Waals surface area contributed by atoms with Crippen molar-refractivity contribution in [2.24, 2.45) is 5.92 Å². The highest BCUT2D eigenvalue weighted by Gasteiger charge is 2.22. The Balaban J connectivity index is 1.60. The monoisotopic (exact) mass is 240 g/mol. The number of rotatable bonds is 5. The van der Waals surface area contributed by atoms with E-state index in [1.807, 2.05) is 0 Å². The van der Waals surface area contributed by atoms with Gasteiger partial charge < -0.3 is 15.0 Å². The van der Waals surface area contributed by atoms with Crippen molar-refractivity contribution in [1.82, 2.24) is 10.2 Å². The summed E-state index contributed by atoms with van der Waals surface area (Å²) in [4.78, 5) is 2.46. The lowest BCUT2D eigenvalue weighted by molar-refractivity contribution is 0.101. The molecule has 1 N–H and O–H groups in total. The summed E-state index contributed by atoms with van der Waals surface area (Å²) in [6, 6.07) is 0.652. The minimum absolute atomic E-state index is 0.531. The number of hydrogen-bond donors (Lipinski definition) is 1. The average molecular weight is 240 g/mol. The second kappa shape index (κ2) is 6.72. The third-order valence-electron chi connectivity index (χ3n) is 4.32. The molecule has 2 aliphatic heterocycles. The standard InChI is InChI=1S/C14H28N2O/c1-12(13-5-3-9-16(2)11-13)15-8-7-14-6-4-10-17-14/h12-15H,3-11H2,1-2H3. The molecule has 0 spiro atoms. The Bertz CT molecular complexity index is 216. The van der Waals surface area contributed by atoms with E-state index in [4.69, 9.17) is 4.74 Å². The summed E-state index contributed by atoms with van der Waals surface area (Å²) < 4.78 is 5.65. The maximum Gasteiger partial charge on any atom is 0.0588 e. The molecule has 0 bridgehead atoms. The van der Waals surface area contributed by atoms with E-state index in [0.717, 1.165) is 19.1 Å². The Kier molecular flexibility index (Phi) is 5.26. The summed E-state index contributed by atoms with van der Waals surface area (Å²) in [6.07, 6.45) is 6.99. The van der Waals surface area contributed by atoms with E-state index in [2.05, 4.69) is 24.2 Å². The quantitative estimate of drug-likeness (QED) is 0.794. The smallest absolute Gasteiger partial charge is 0.0588 e. The van der Waals surface area contributed by atoms with Crippen molar-refractivity contribution < 1.29 is 4.74 Å². The van der Waals surface area contributed by atoms with Crippen LogP contribution in [0.4, 0.5) is 0 Å². The van der Waals surface area contributed by atoms with Crippen molar-refractivity contribution in [3.05, 3.63) is 0 Å². The maximum absolute atomic E-state index is 5.65. The minimum atomic E-state index is 0.531. The molecule has 0 aromatic heterocycles. The van der Waals surface area contributed by atoms with Crippen LogP contribution in [-0.4, -0.2) is 50.3 Å². The zero-order valence-electron chi connectivity index (χ0n) is 11.5. The Labute approximate surface area is 106 Å². The van der Waals surface area contributed by atoms with Gasteiger partial charge in [0.2, 0.25) is 0 Å². The molecular weight excluding hydrogens is 212 g/mol. The van der Waals surface area contributed by atoms with Gasteiger partial charge in [0.15, 0.2) is 0 Å². The second-order valence-corrected chi connectivity index (χ2v) is 5.83. The van der Waals surface area contributed by atoms with Gasteiger partial charge >= 0.3 is 0 Å². The van der Waals surface area contributed by atoms with Crippen LogP contribution in [0.2, 0.25) is 0 Å². The number of piperidine rings is 1. The zero-order chi connectivity index (χ0) is 12.1. The topological polar surface area (TPSA) is 24.5 Å². The number of ether oxygens (including phenoxy) is 1. The number of nitrogens with one attached hydrogen (secondary N) is 1.